The van der Waals surface area contributed by atoms with E-state index in [2.05, 4.69) is 0 Å². The number of anilines is 1. The van der Waals surface area contributed by atoms with Gasteiger partial charge in [0.05, 0.1) is 5.56 Å². The van der Waals surface area contributed by atoms with Crippen LogP contribution in [0.4, 0.5) is 5.69 Å². The average molecular weight is 271 g/mol. The van der Waals surface area contributed by atoms with E-state index >= 15 is 0 Å². The fourth-order valence-electron chi connectivity index (χ4n) is 2.18. The van der Waals surface area contributed by atoms with Crippen LogP contribution in [0.25, 0.3) is 0 Å². The topological polar surface area (TPSA) is 50.5 Å². The SMILES string of the molecule is Cc1oc(C)c(C(=O)c2ccc(N(C)C=O)cc2)c1C. The lowest BCUT2D eigenvalue weighted by atomic mass is 9.99. The zero-order valence-electron chi connectivity index (χ0n) is 12.1. The number of carbonyl (C=O) groups excluding carboxylic acids is 2. The van der Waals surface area contributed by atoms with Gasteiger partial charge in [-0.05, 0) is 45.0 Å². The largest absolute Gasteiger partial charge is 0.466 e. The number of hydrogen-bond acceptors (Lipinski definition) is 3. The second kappa shape index (κ2) is 5.33. The molecule has 1 amide bonds. The summed E-state index contributed by atoms with van der Waals surface area (Å²) in [4.78, 5) is 24.6. The third-order valence-corrected chi connectivity index (χ3v) is 3.48. The summed E-state index contributed by atoms with van der Waals surface area (Å²) >= 11 is 0. The normalized spacial score (nSPS) is 10.4. The van der Waals surface area contributed by atoms with Crippen molar-refractivity contribution in [3.63, 3.8) is 0 Å². The molecule has 0 spiro atoms. The van der Waals surface area contributed by atoms with E-state index in [0.29, 0.717) is 16.9 Å². The lowest BCUT2D eigenvalue weighted by Crippen LogP contribution is -2.13. The molecular formula is C16H17NO3. The minimum Gasteiger partial charge on any atom is -0.466 e. The predicted octanol–water partition coefficient (Wildman–Crippen LogP) is 3.03. The Morgan fingerprint density at radius 2 is 1.70 bits per heavy atom. The Balaban J connectivity index is 2.36. The first-order valence-electron chi connectivity index (χ1n) is 6.35. The highest BCUT2D eigenvalue weighted by atomic mass is 16.3. The van der Waals surface area contributed by atoms with Gasteiger partial charge in [0.1, 0.15) is 11.5 Å². The van der Waals surface area contributed by atoms with Crippen molar-refractivity contribution in [2.45, 2.75) is 20.8 Å². The van der Waals surface area contributed by atoms with Gasteiger partial charge in [-0.2, -0.15) is 0 Å². The van der Waals surface area contributed by atoms with Crippen LogP contribution in [0.15, 0.2) is 28.7 Å². The van der Waals surface area contributed by atoms with Crippen molar-refractivity contribution >= 4 is 17.9 Å². The van der Waals surface area contributed by atoms with Crippen molar-refractivity contribution in [2.75, 3.05) is 11.9 Å². The highest BCUT2D eigenvalue weighted by Crippen LogP contribution is 2.24. The van der Waals surface area contributed by atoms with E-state index in [1.807, 2.05) is 13.8 Å². The number of benzene rings is 1. The average Bonchev–Trinajstić information content (AvgIpc) is 2.71. The summed E-state index contributed by atoms with van der Waals surface area (Å²) in [5, 5.41) is 0. The molecule has 4 nitrogen and oxygen atoms in total. The van der Waals surface area contributed by atoms with Crippen LogP contribution < -0.4 is 4.90 Å². The van der Waals surface area contributed by atoms with Crippen molar-refractivity contribution < 1.29 is 14.0 Å². The number of amides is 1. The van der Waals surface area contributed by atoms with Crippen molar-refractivity contribution in [3.05, 3.63) is 52.5 Å². The Kier molecular flexibility index (Phi) is 3.74. The Morgan fingerprint density at radius 1 is 1.10 bits per heavy atom. The first-order chi connectivity index (χ1) is 9.45. The molecule has 0 aliphatic rings. The van der Waals surface area contributed by atoms with Crippen LogP contribution in [0.1, 0.15) is 33.0 Å². The second-order valence-corrected chi connectivity index (χ2v) is 4.81. The summed E-state index contributed by atoms with van der Waals surface area (Å²) in [6, 6.07) is 6.94. The monoisotopic (exact) mass is 271 g/mol. The molecule has 1 heterocycles. The molecule has 0 N–H and O–H groups in total. The predicted molar refractivity (Wildman–Crippen MR) is 77.3 cm³/mol. The molecule has 0 saturated heterocycles. The first-order valence-corrected chi connectivity index (χ1v) is 6.35. The molecular weight excluding hydrogens is 254 g/mol. The van der Waals surface area contributed by atoms with Crippen molar-refractivity contribution in [2.24, 2.45) is 0 Å². The van der Waals surface area contributed by atoms with Gasteiger partial charge in [0, 0.05) is 23.9 Å². The number of ketones is 1. The van der Waals surface area contributed by atoms with Crippen molar-refractivity contribution in [1.82, 2.24) is 0 Å². The fourth-order valence-corrected chi connectivity index (χ4v) is 2.18. The van der Waals surface area contributed by atoms with Gasteiger partial charge < -0.3 is 9.32 Å². The van der Waals surface area contributed by atoms with Gasteiger partial charge in [0.25, 0.3) is 0 Å². The summed E-state index contributed by atoms with van der Waals surface area (Å²) in [7, 11) is 1.66. The van der Waals surface area contributed by atoms with Gasteiger partial charge in [-0.3, -0.25) is 9.59 Å². The molecule has 2 rings (SSSR count). The van der Waals surface area contributed by atoms with E-state index in [1.54, 1.807) is 38.2 Å². The Labute approximate surface area is 118 Å². The molecule has 0 unspecified atom stereocenters. The minimum absolute atomic E-state index is 0.0582. The highest BCUT2D eigenvalue weighted by molar-refractivity contribution is 6.10. The molecule has 2 aromatic rings. The van der Waals surface area contributed by atoms with Crippen LogP contribution in [0.3, 0.4) is 0 Å². The quantitative estimate of drug-likeness (QED) is 0.634. The highest BCUT2D eigenvalue weighted by Gasteiger charge is 2.19. The molecule has 0 atom stereocenters. The summed E-state index contributed by atoms with van der Waals surface area (Å²) in [6.45, 7) is 5.52. The molecule has 4 heteroatoms. The van der Waals surface area contributed by atoms with Crippen molar-refractivity contribution in [1.29, 1.82) is 0 Å². The van der Waals surface area contributed by atoms with E-state index in [9.17, 15) is 9.59 Å². The number of aryl methyl sites for hydroxylation is 2. The van der Waals surface area contributed by atoms with E-state index in [1.165, 1.54) is 4.90 Å². The van der Waals surface area contributed by atoms with Gasteiger partial charge in [-0.25, -0.2) is 0 Å². The molecule has 0 aliphatic heterocycles. The zero-order chi connectivity index (χ0) is 14.9. The molecule has 1 aromatic heterocycles. The summed E-state index contributed by atoms with van der Waals surface area (Å²) in [5.74, 6) is 1.35. The third kappa shape index (κ3) is 2.37. The van der Waals surface area contributed by atoms with Crippen LogP contribution in [-0.4, -0.2) is 19.2 Å². The lowest BCUT2D eigenvalue weighted by molar-refractivity contribution is -0.107. The van der Waals surface area contributed by atoms with Crippen molar-refractivity contribution in [3.8, 4) is 0 Å². The Morgan fingerprint density at radius 3 is 2.15 bits per heavy atom. The molecule has 104 valence electrons. The van der Waals surface area contributed by atoms with Gasteiger partial charge in [-0.1, -0.05) is 0 Å². The molecule has 0 radical (unpaired) electrons. The van der Waals surface area contributed by atoms with E-state index in [0.717, 1.165) is 23.4 Å². The molecule has 0 fully saturated rings. The van der Waals surface area contributed by atoms with Crippen LogP contribution in [0.2, 0.25) is 0 Å². The maximum atomic E-state index is 12.5. The van der Waals surface area contributed by atoms with Gasteiger partial charge in [-0.15, -0.1) is 0 Å². The smallest absolute Gasteiger partial charge is 0.213 e. The van der Waals surface area contributed by atoms with Gasteiger partial charge in [0.2, 0.25) is 6.41 Å². The second-order valence-electron chi connectivity index (χ2n) is 4.81. The van der Waals surface area contributed by atoms with Crippen LogP contribution in [0.5, 0.6) is 0 Å². The third-order valence-electron chi connectivity index (χ3n) is 3.48. The molecule has 1 aromatic carbocycles. The van der Waals surface area contributed by atoms with Gasteiger partial charge >= 0.3 is 0 Å². The van der Waals surface area contributed by atoms with Crippen LogP contribution in [0, 0.1) is 20.8 Å². The number of carbonyl (C=O) groups is 2. The van der Waals surface area contributed by atoms with E-state index in [-0.39, 0.29) is 5.78 Å². The lowest BCUT2D eigenvalue weighted by Gasteiger charge is -2.10. The maximum absolute atomic E-state index is 12.5. The molecule has 0 bridgehead atoms. The van der Waals surface area contributed by atoms with Crippen LogP contribution >= 0.6 is 0 Å². The minimum atomic E-state index is -0.0582. The number of furan rings is 1. The number of hydrogen-bond donors (Lipinski definition) is 0. The number of rotatable bonds is 4. The van der Waals surface area contributed by atoms with Gasteiger partial charge in [0.15, 0.2) is 5.78 Å². The van der Waals surface area contributed by atoms with Crippen LogP contribution in [-0.2, 0) is 4.79 Å². The zero-order valence-corrected chi connectivity index (χ0v) is 12.1. The molecule has 0 saturated carbocycles. The maximum Gasteiger partial charge on any atom is 0.213 e. The summed E-state index contributed by atoms with van der Waals surface area (Å²) < 4.78 is 5.49. The number of nitrogens with zero attached hydrogens (tertiary/aromatic N) is 1. The molecule has 0 aliphatic carbocycles. The summed E-state index contributed by atoms with van der Waals surface area (Å²) in [6.07, 6.45) is 0.727. The Bertz CT molecular complexity index is 653. The summed E-state index contributed by atoms with van der Waals surface area (Å²) in [5.41, 5.74) is 2.83. The Hall–Kier alpha value is -2.36. The van der Waals surface area contributed by atoms with E-state index < -0.39 is 0 Å². The fraction of sp³-hybridized carbons (Fsp3) is 0.250. The van der Waals surface area contributed by atoms with E-state index in [4.69, 9.17) is 4.42 Å². The molecule has 20 heavy (non-hydrogen) atoms. The first kappa shape index (κ1) is 14.1. The standard InChI is InChI=1S/C16H17NO3/c1-10-11(2)20-12(3)15(10)16(19)13-5-7-14(8-6-13)17(4)9-18/h5-9H,1-4H3.